The van der Waals surface area contributed by atoms with Crippen molar-refractivity contribution < 1.29 is 38.1 Å². The Morgan fingerprint density at radius 2 is 1.97 bits per heavy atom. The Labute approximate surface area is 184 Å². The number of nitrogens with zero attached hydrogens (tertiary/aromatic N) is 1. The summed E-state index contributed by atoms with van der Waals surface area (Å²) in [5.74, 6) is -0.468. The zero-order valence-electron chi connectivity index (χ0n) is 18.3. The Balaban J connectivity index is 1.76. The van der Waals surface area contributed by atoms with Crippen LogP contribution in [0.5, 0.6) is 11.5 Å². The first-order valence-corrected chi connectivity index (χ1v) is 10.9. The van der Waals surface area contributed by atoms with Gasteiger partial charge in [-0.2, -0.15) is 0 Å². The fourth-order valence-corrected chi connectivity index (χ4v) is 6.41. The van der Waals surface area contributed by atoms with Gasteiger partial charge in [-0.05, 0) is 37.8 Å². The van der Waals surface area contributed by atoms with Gasteiger partial charge in [0.05, 0.1) is 18.1 Å². The molecule has 1 aromatic carbocycles. The average Bonchev–Trinajstić information content (AvgIpc) is 3.07. The lowest BCUT2D eigenvalue weighted by molar-refractivity contribution is -0.210. The van der Waals surface area contributed by atoms with Crippen LogP contribution in [0.1, 0.15) is 51.2 Å². The molecule has 2 bridgehead atoms. The summed E-state index contributed by atoms with van der Waals surface area (Å²) in [5.41, 5.74) is -0.457. The van der Waals surface area contributed by atoms with Crippen LogP contribution >= 0.6 is 0 Å². The third kappa shape index (κ3) is 2.50. The van der Waals surface area contributed by atoms with Gasteiger partial charge < -0.3 is 23.8 Å². The highest BCUT2D eigenvalue weighted by atomic mass is 16.6. The normalized spacial score (nSPS) is 31.3. The highest BCUT2D eigenvalue weighted by Crippen LogP contribution is 2.66. The van der Waals surface area contributed by atoms with Crippen LogP contribution in [0.3, 0.4) is 0 Å². The van der Waals surface area contributed by atoms with Gasteiger partial charge in [-0.15, -0.1) is 0 Å². The van der Waals surface area contributed by atoms with Gasteiger partial charge in [-0.3, -0.25) is 14.4 Å². The molecule has 5 rings (SSSR count). The Morgan fingerprint density at radius 3 is 2.66 bits per heavy atom. The van der Waals surface area contributed by atoms with Gasteiger partial charge in [0.1, 0.15) is 5.60 Å². The molecule has 0 aromatic heterocycles. The molecule has 2 heterocycles. The number of piperidine rings is 1. The molecule has 4 atom stereocenters. The molecule has 32 heavy (non-hydrogen) atoms. The summed E-state index contributed by atoms with van der Waals surface area (Å²) in [6, 6.07) is 2.98. The quantitative estimate of drug-likeness (QED) is 0.516. The van der Waals surface area contributed by atoms with Gasteiger partial charge in [0.25, 0.3) is 0 Å². The topological polar surface area (TPSA) is 108 Å². The predicted octanol–water partition coefficient (Wildman–Crippen LogP) is 2.06. The number of likely N-dealkylation sites (tertiary alicyclic amines) is 1. The number of carbonyl (C=O) groups excluding carboxylic acids is 4. The monoisotopic (exact) mass is 443 g/mol. The molecule has 1 saturated carbocycles. The van der Waals surface area contributed by atoms with Crippen molar-refractivity contribution in [2.45, 2.75) is 69.6 Å². The van der Waals surface area contributed by atoms with E-state index in [0.717, 1.165) is 11.1 Å². The maximum Gasteiger partial charge on any atom is 0.410 e. The van der Waals surface area contributed by atoms with Crippen molar-refractivity contribution in [3.63, 3.8) is 0 Å². The number of ether oxygens (including phenoxy) is 4. The summed E-state index contributed by atoms with van der Waals surface area (Å²) in [6.07, 6.45) is -0.155. The van der Waals surface area contributed by atoms with Crippen LogP contribution in [-0.4, -0.2) is 59.6 Å². The second-order valence-electron chi connectivity index (χ2n) is 8.80. The molecular formula is C23H25NO8. The van der Waals surface area contributed by atoms with E-state index in [1.54, 1.807) is 17.9 Å². The standard InChI is InChI=1S/C23H25NO8/c1-4-29-21(28)24-10-9-22-18-14-5-6-16(30-12(2)25)19(18)31-20(22)15(27)7-8-23(22,17(24)11-14)32-13(3)26/h5-6,17,20H,4,7-11H2,1-3H3/t17?,20-,22?,23+/m0/s1. The SMILES string of the molecule is CCOC(=O)N1CCC23c4c5ccc(OC(C)=O)c4O[C@H]2C(=O)CC[C@@]3(OC(C)=O)C1C5. The first-order valence-electron chi connectivity index (χ1n) is 10.9. The third-order valence-corrected chi connectivity index (χ3v) is 7.28. The minimum absolute atomic E-state index is 0.0889. The van der Waals surface area contributed by atoms with E-state index in [1.165, 1.54) is 13.8 Å². The fourth-order valence-electron chi connectivity index (χ4n) is 6.41. The number of amides is 1. The maximum atomic E-state index is 13.1. The number of hydrogen-bond donors (Lipinski definition) is 0. The molecule has 1 aromatic rings. The van der Waals surface area contributed by atoms with Gasteiger partial charge in [0, 0.05) is 32.4 Å². The number of carbonyl (C=O) groups is 4. The van der Waals surface area contributed by atoms with E-state index >= 15 is 0 Å². The Morgan fingerprint density at radius 1 is 1.19 bits per heavy atom. The Bertz CT molecular complexity index is 1050. The van der Waals surface area contributed by atoms with Crippen LogP contribution in [0.2, 0.25) is 0 Å². The van der Waals surface area contributed by atoms with Crippen molar-refractivity contribution in [1.29, 1.82) is 0 Å². The molecule has 2 aliphatic heterocycles. The van der Waals surface area contributed by atoms with E-state index in [-0.39, 0.29) is 31.0 Å². The largest absolute Gasteiger partial charge is 0.477 e. The predicted molar refractivity (Wildman–Crippen MR) is 108 cm³/mol. The summed E-state index contributed by atoms with van der Waals surface area (Å²) >= 11 is 0. The Hall–Kier alpha value is -3.10. The van der Waals surface area contributed by atoms with E-state index in [2.05, 4.69) is 0 Å². The van der Waals surface area contributed by atoms with E-state index < -0.39 is 41.2 Å². The number of hydrogen-bond acceptors (Lipinski definition) is 8. The van der Waals surface area contributed by atoms with Crippen molar-refractivity contribution >= 4 is 23.8 Å². The summed E-state index contributed by atoms with van der Waals surface area (Å²) in [5, 5.41) is 0. The van der Waals surface area contributed by atoms with Crippen LogP contribution in [0.15, 0.2) is 12.1 Å². The molecule has 4 aliphatic rings. The molecule has 0 N–H and O–H groups in total. The molecule has 170 valence electrons. The fraction of sp³-hybridized carbons (Fsp3) is 0.565. The molecule has 9 nitrogen and oxygen atoms in total. The summed E-state index contributed by atoms with van der Waals surface area (Å²) in [7, 11) is 0. The minimum Gasteiger partial charge on any atom is -0.477 e. The van der Waals surface area contributed by atoms with Crippen LogP contribution in [0.4, 0.5) is 4.79 Å². The van der Waals surface area contributed by atoms with Gasteiger partial charge in [-0.1, -0.05) is 6.07 Å². The van der Waals surface area contributed by atoms with Crippen molar-refractivity contribution in [1.82, 2.24) is 4.90 Å². The van der Waals surface area contributed by atoms with Crippen LogP contribution in [0, 0.1) is 0 Å². The molecular weight excluding hydrogens is 418 g/mol. The second-order valence-corrected chi connectivity index (χ2v) is 8.80. The average molecular weight is 443 g/mol. The number of rotatable bonds is 3. The zero-order valence-corrected chi connectivity index (χ0v) is 18.3. The number of benzene rings is 1. The summed E-state index contributed by atoms with van der Waals surface area (Å²) in [4.78, 5) is 51.7. The molecule has 1 spiro atoms. The van der Waals surface area contributed by atoms with E-state index in [0.29, 0.717) is 25.1 Å². The Kier molecular flexibility index (Phi) is 4.51. The second kappa shape index (κ2) is 6.95. The molecule has 2 aliphatic carbocycles. The zero-order chi connectivity index (χ0) is 22.8. The van der Waals surface area contributed by atoms with Crippen LogP contribution < -0.4 is 9.47 Å². The molecule has 1 saturated heterocycles. The number of esters is 2. The lowest BCUT2D eigenvalue weighted by Crippen LogP contribution is -2.78. The van der Waals surface area contributed by atoms with E-state index in [4.69, 9.17) is 18.9 Å². The molecule has 2 fully saturated rings. The summed E-state index contributed by atoms with van der Waals surface area (Å²) < 4.78 is 23.0. The maximum absolute atomic E-state index is 13.1. The van der Waals surface area contributed by atoms with Crippen molar-refractivity contribution in [2.24, 2.45) is 0 Å². The van der Waals surface area contributed by atoms with Crippen LogP contribution in [-0.2, 0) is 35.7 Å². The van der Waals surface area contributed by atoms with Crippen molar-refractivity contribution in [2.75, 3.05) is 13.2 Å². The van der Waals surface area contributed by atoms with Crippen molar-refractivity contribution in [3.8, 4) is 11.5 Å². The summed E-state index contributed by atoms with van der Waals surface area (Å²) in [6.45, 7) is 4.93. The van der Waals surface area contributed by atoms with Crippen LogP contribution in [0.25, 0.3) is 0 Å². The third-order valence-electron chi connectivity index (χ3n) is 7.28. The van der Waals surface area contributed by atoms with E-state index in [1.807, 2.05) is 6.07 Å². The smallest absolute Gasteiger partial charge is 0.410 e. The van der Waals surface area contributed by atoms with E-state index in [9.17, 15) is 19.2 Å². The molecule has 9 heteroatoms. The van der Waals surface area contributed by atoms with Gasteiger partial charge in [-0.25, -0.2) is 4.79 Å². The highest BCUT2D eigenvalue weighted by molar-refractivity contribution is 5.91. The van der Waals surface area contributed by atoms with Gasteiger partial charge in [0.2, 0.25) is 0 Å². The first-order chi connectivity index (χ1) is 15.2. The number of Topliss-reactive ketones (excluding diaryl/α,β-unsaturated/α-hetero) is 1. The highest BCUT2D eigenvalue weighted by Gasteiger charge is 2.76. The lowest BCUT2D eigenvalue weighted by atomic mass is 9.49. The number of ketones is 1. The molecule has 2 unspecified atom stereocenters. The lowest BCUT2D eigenvalue weighted by Gasteiger charge is -2.63. The van der Waals surface area contributed by atoms with Crippen molar-refractivity contribution in [3.05, 3.63) is 23.3 Å². The van der Waals surface area contributed by atoms with Gasteiger partial charge >= 0.3 is 18.0 Å². The minimum atomic E-state index is -1.14. The molecule has 1 amide bonds. The van der Waals surface area contributed by atoms with Gasteiger partial charge in [0.15, 0.2) is 23.4 Å². The first kappa shape index (κ1) is 20.8. The molecule has 0 radical (unpaired) electrons.